The third kappa shape index (κ3) is 4.12. The second kappa shape index (κ2) is 7.14. The maximum atomic E-state index is 11.8. The van der Waals surface area contributed by atoms with Crippen LogP contribution in [0.3, 0.4) is 0 Å². The van der Waals surface area contributed by atoms with E-state index in [2.05, 4.69) is 10.3 Å². The summed E-state index contributed by atoms with van der Waals surface area (Å²) >= 11 is 0. The lowest BCUT2D eigenvalue weighted by atomic mass is 10.1. The number of nitrogens with one attached hydrogen (secondary N) is 2. The molecule has 0 fully saturated rings. The Labute approximate surface area is 117 Å². The molecule has 0 saturated heterocycles. The number of hydrogen-bond acceptors (Lipinski definition) is 5. The van der Waals surface area contributed by atoms with Gasteiger partial charge >= 0.3 is 5.69 Å². The summed E-state index contributed by atoms with van der Waals surface area (Å²) in [6.45, 7) is 6.00. The van der Waals surface area contributed by atoms with Gasteiger partial charge in [-0.15, -0.1) is 0 Å². The molecule has 0 aliphatic carbocycles. The lowest BCUT2D eigenvalue weighted by Gasteiger charge is -2.19. The molecule has 0 amide bonds. The molecule has 0 saturated carbocycles. The van der Waals surface area contributed by atoms with E-state index < -0.39 is 17.4 Å². The van der Waals surface area contributed by atoms with Crippen molar-refractivity contribution < 1.29 is 5.11 Å². The fraction of sp³-hybridized carbons (Fsp3) is 0.692. The van der Waals surface area contributed by atoms with Crippen LogP contribution in [0.2, 0.25) is 0 Å². The lowest BCUT2D eigenvalue weighted by molar-refractivity contribution is 0.179. The Balaban J connectivity index is 3.07. The average molecular weight is 284 g/mol. The molecule has 0 spiro atoms. The normalized spacial score (nSPS) is 14.0. The Bertz CT molecular complexity index is 548. The first kappa shape index (κ1) is 16.3. The van der Waals surface area contributed by atoms with Crippen LogP contribution in [0.15, 0.2) is 9.59 Å². The fourth-order valence-electron chi connectivity index (χ4n) is 2.08. The fourth-order valence-corrected chi connectivity index (χ4v) is 2.08. The summed E-state index contributed by atoms with van der Waals surface area (Å²) in [5.41, 5.74) is 5.09. The molecule has 2 unspecified atom stereocenters. The van der Waals surface area contributed by atoms with Crippen molar-refractivity contribution in [1.82, 2.24) is 9.55 Å². The van der Waals surface area contributed by atoms with E-state index in [1.54, 1.807) is 6.92 Å². The third-order valence-electron chi connectivity index (χ3n) is 3.06. The molecule has 0 aliphatic heterocycles. The number of anilines is 2. The number of hydrogen-bond donors (Lipinski definition) is 4. The van der Waals surface area contributed by atoms with E-state index >= 15 is 0 Å². The van der Waals surface area contributed by atoms with Crippen LogP contribution in [-0.2, 0) is 6.54 Å². The van der Waals surface area contributed by atoms with Crippen LogP contribution in [0, 0.1) is 0 Å². The largest absolute Gasteiger partial charge is 0.393 e. The topological polar surface area (TPSA) is 113 Å². The summed E-state index contributed by atoms with van der Waals surface area (Å²) in [4.78, 5) is 25.8. The van der Waals surface area contributed by atoms with E-state index in [-0.39, 0.29) is 17.5 Å². The number of unbranched alkanes of at least 4 members (excludes halogenated alkanes) is 1. The van der Waals surface area contributed by atoms with Crippen molar-refractivity contribution in [1.29, 1.82) is 0 Å². The first-order chi connectivity index (χ1) is 9.36. The first-order valence-corrected chi connectivity index (χ1v) is 6.94. The quantitative estimate of drug-likeness (QED) is 0.582. The van der Waals surface area contributed by atoms with E-state index in [9.17, 15) is 14.7 Å². The van der Waals surface area contributed by atoms with Crippen molar-refractivity contribution in [2.45, 2.75) is 58.7 Å². The number of rotatable bonds is 7. The van der Waals surface area contributed by atoms with Gasteiger partial charge in [-0.2, -0.15) is 0 Å². The number of nitrogens with two attached hydrogens (primary N) is 1. The van der Waals surface area contributed by atoms with E-state index in [1.807, 2.05) is 13.8 Å². The van der Waals surface area contributed by atoms with Crippen molar-refractivity contribution in [3.05, 3.63) is 20.8 Å². The van der Waals surface area contributed by atoms with Gasteiger partial charge in [-0.25, -0.2) is 4.79 Å². The van der Waals surface area contributed by atoms with Gasteiger partial charge in [0.15, 0.2) is 0 Å². The summed E-state index contributed by atoms with van der Waals surface area (Å²) in [5, 5.41) is 12.3. The molecule has 0 bridgehead atoms. The van der Waals surface area contributed by atoms with Crippen molar-refractivity contribution >= 4 is 11.5 Å². The second-order valence-electron chi connectivity index (χ2n) is 5.15. The van der Waals surface area contributed by atoms with Crippen molar-refractivity contribution in [2.24, 2.45) is 0 Å². The molecule has 114 valence electrons. The van der Waals surface area contributed by atoms with Crippen LogP contribution in [0.4, 0.5) is 11.5 Å². The zero-order chi connectivity index (χ0) is 15.3. The SMILES string of the molecule is CCCCn1c(N)c(NC(C)CC(C)O)c(=O)[nH]c1=O. The third-order valence-corrected chi connectivity index (χ3v) is 3.06. The Morgan fingerprint density at radius 3 is 2.60 bits per heavy atom. The Kier molecular flexibility index (Phi) is 5.82. The highest BCUT2D eigenvalue weighted by Crippen LogP contribution is 2.13. The molecule has 7 nitrogen and oxygen atoms in total. The zero-order valence-electron chi connectivity index (χ0n) is 12.3. The van der Waals surface area contributed by atoms with Gasteiger partial charge in [0.25, 0.3) is 5.56 Å². The predicted octanol–water partition coefficient (Wildman–Crippen LogP) is 0.490. The van der Waals surface area contributed by atoms with Gasteiger partial charge in [-0.3, -0.25) is 14.3 Å². The van der Waals surface area contributed by atoms with E-state index in [1.165, 1.54) is 4.57 Å². The van der Waals surface area contributed by atoms with Gasteiger partial charge in [-0.05, 0) is 26.7 Å². The van der Waals surface area contributed by atoms with Crippen LogP contribution in [0.5, 0.6) is 0 Å². The second-order valence-corrected chi connectivity index (χ2v) is 5.15. The lowest BCUT2D eigenvalue weighted by Crippen LogP contribution is -2.36. The maximum absolute atomic E-state index is 11.8. The molecule has 2 atom stereocenters. The van der Waals surface area contributed by atoms with Crippen LogP contribution >= 0.6 is 0 Å². The summed E-state index contributed by atoms with van der Waals surface area (Å²) in [7, 11) is 0. The van der Waals surface area contributed by atoms with Crippen molar-refractivity contribution in [3.8, 4) is 0 Å². The smallest absolute Gasteiger partial charge is 0.330 e. The Morgan fingerprint density at radius 1 is 1.40 bits per heavy atom. The highest BCUT2D eigenvalue weighted by atomic mass is 16.3. The average Bonchev–Trinajstić information content (AvgIpc) is 2.33. The highest BCUT2D eigenvalue weighted by Gasteiger charge is 2.15. The number of aliphatic hydroxyl groups is 1. The minimum Gasteiger partial charge on any atom is -0.393 e. The molecule has 0 aliphatic rings. The number of aromatic amines is 1. The minimum absolute atomic E-state index is 0.129. The Hall–Kier alpha value is -1.76. The van der Waals surface area contributed by atoms with E-state index in [0.29, 0.717) is 13.0 Å². The maximum Gasteiger partial charge on any atom is 0.330 e. The molecule has 0 aromatic carbocycles. The van der Waals surface area contributed by atoms with Gasteiger partial charge < -0.3 is 16.2 Å². The molecule has 0 radical (unpaired) electrons. The summed E-state index contributed by atoms with van der Waals surface area (Å²) in [6, 6.07) is -0.129. The molecule has 1 aromatic heterocycles. The van der Waals surface area contributed by atoms with Crippen molar-refractivity contribution in [3.63, 3.8) is 0 Å². The van der Waals surface area contributed by atoms with Crippen LogP contribution < -0.4 is 22.3 Å². The van der Waals surface area contributed by atoms with Gasteiger partial charge in [0, 0.05) is 12.6 Å². The summed E-state index contributed by atoms with van der Waals surface area (Å²) in [6.07, 6.45) is 1.72. The number of nitrogen functional groups attached to an aromatic ring is 1. The molecule has 20 heavy (non-hydrogen) atoms. The molecule has 1 rings (SSSR count). The molecular formula is C13H24N4O3. The molecule has 7 heteroatoms. The minimum atomic E-state index is -0.530. The van der Waals surface area contributed by atoms with Crippen LogP contribution in [0.25, 0.3) is 0 Å². The van der Waals surface area contributed by atoms with Crippen LogP contribution in [0.1, 0.15) is 40.0 Å². The van der Waals surface area contributed by atoms with E-state index in [4.69, 9.17) is 5.73 Å². The standard InChI is InChI=1S/C13H24N4O3/c1-4-5-6-17-11(14)10(12(19)16-13(17)20)15-8(2)7-9(3)18/h8-9,15,18H,4-7,14H2,1-3H3,(H,16,19,20). The number of aliphatic hydroxyl groups excluding tert-OH is 1. The summed E-state index contributed by atoms with van der Waals surface area (Å²) in [5.74, 6) is 0.143. The van der Waals surface area contributed by atoms with Crippen molar-refractivity contribution in [2.75, 3.05) is 11.1 Å². The molecule has 1 aromatic rings. The molecular weight excluding hydrogens is 260 g/mol. The number of nitrogens with zero attached hydrogens (tertiary/aromatic N) is 1. The van der Waals surface area contributed by atoms with Gasteiger partial charge in [0.2, 0.25) is 0 Å². The monoisotopic (exact) mass is 284 g/mol. The summed E-state index contributed by atoms with van der Waals surface area (Å²) < 4.78 is 1.36. The van der Waals surface area contributed by atoms with Gasteiger partial charge in [0.05, 0.1) is 6.10 Å². The van der Waals surface area contributed by atoms with E-state index in [0.717, 1.165) is 12.8 Å². The van der Waals surface area contributed by atoms with Crippen LogP contribution in [-0.4, -0.2) is 26.8 Å². The predicted molar refractivity (Wildman–Crippen MR) is 80.0 cm³/mol. The number of aromatic nitrogens is 2. The molecule has 1 heterocycles. The molecule has 5 N–H and O–H groups in total. The number of H-pyrrole nitrogens is 1. The van der Waals surface area contributed by atoms with Gasteiger partial charge in [0.1, 0.15) is 11.5 Å². The Morgan fingerprint density at radius 2 is 2.05 bits per heavy atom. The highest BCUT2D eigenvalue weighted by molar-refractivity contribution is 5.60. The first-order valence-electron chi connectivity index (χ1n) is 6.94. The van der Waals surface area contributed by atoms with Gasteiger partial charge in [-0.1, -0.05) is 13.3 Å². The zero-order valence-corrected chi connectivity index (χ0v) is 12.3.